The molecule has 2 amide bonds. The molecule has 0 spiro atoms. The van der Waals surface area contributed by atoms with E-state index in [2.05, 4.69) is 16.3 Å². The quantitative estimate of drug-likeness (QED) is 0.768. The van der Waals surface area contributed by atoms with Crippen molar-refractivity contribution >= 4 is 23.2 Å². The van der Waals surface area contributed by atoms with Gasteiger partial charge in [0, 0.05) is 38.4 Å². The third kappa shape index (κ3) is 5.04. The number of carbonyl (C=O) groups is 2. The molecule has 2 aliphatic heterocycles. The Morgan fingerprint density at radius 1 is 0.875 bits per heavy atom. The number of nitrogens with one attached hydrogen (secondary N) is 1. The van der Waals surface area contributed by atoms with E-state index >= 15 is 0 Å². The summed E-state index contributed by atoms with van der Waals surface area (Å²) < 4.78 is 39.3. The number of hydrogen-bond donors (Lipinski definition) is 1. The molecule has 6 nitrogen and oxygen atoms in total. The van der Waals surface area contributed by atoms with Crippen molar-refractivity contribution in [2.45, 2.75) is 12.6 Å². The molecule has 0 aromatic heterocycles. The molecule has 1 fully saturated rings. The van der Waals surface area contributed by atoms with E-state index in [1.165, 1.54) is 23.8 Å². The lowest BCUT2D eigenvalue weighted by atomic mass is 10.1. The van der Waals surface area contributed by atoms with E-state index < -0.39 is 17.6 Å². The SMILES string of the molecule is O=C(CN1CCN(C(=O)CN2CCc3ccccc32)CC1)Nc1ccccc1C(F)(F)F. The van der Waals surface area contributed by atoms with Crippen LogP contribution in [-0.4, -0.2) is 67.4 Å². The number of piperazine rings is 1. The number of anilines is 2. The van der Waals surface area contributed by atoms with Gasteiger partial charge in [-0.15, -0.1) is 0 Å². The molecule has 1 saturated heterocycles. The van der Waals surface area contributed by atoms with E-state index in [0.717, 1.165) is 24.7 Å². The summed E-state index contributed by atoms with van der Waals surface area (Å²) in [6.45, 7) is 3.10. The van der Waals surface area contributed by atoms with Crippen molar-refractivity contribution in [2.24, 2.45) is 0 Å². The highest BCUT2D eigenvalue weighted by atomic mass is 19.4. The molecule has 0 radical (unpaired) electrons. The van der Waals surface area contributed by atoms with Crippen molar-refractivity contribution in [2.75, 3.05) is 56.0 Å². The van der Waals surface area contributed by atoms with Crippen molar-refractivity contribution in [3.8, 4) is 0 Å². The van der Waals surface area contributed by atoms with Gasteiger partial charge in [0.1, 0.15) is 0 Å². The Morgan fingerprint density at radius 3 is 2.31 bits per heavy atom. The Labute approximate surface area is 184 Å². The first-order valence-corrected chi connectivity index (χ1v) is 10.6. The lowest BCUT2D eigenvalue weighted by Crippen LogP contribution is -2.52. The fourth-order valence-corrected chi connectivity index (χ4v) is 4.22. The molecular weight excluding hydrogens is 421 g/mol. The molecule has 2 aromatic carbocycles. The number of amides is 2. The number of hydrogen-bond acceptors (Lipinski definition) is 4. The second-order valence-corrected chi connectivity index (χ2v) is 8.05. The van der Waals surface area contributed by atoms with Gasteiger partial charge in [-0.25, -0.2) is 0 Å². The maximum Gasteiger partial charge on any atom is 0.418 e. The highest BCUT2D eigenvalue weighted by molar-refractivity contribution is 5.93. The third-order valence-corrected chi connectivity index (χ3v) is 5.91. The third-order valence-electron chi connectivity index (χ3n) is 5.91. The lowest BCUT2D eigenvalue weighted by molar-refractivity contribution is -0.137. The number of benzene rings is 2. The van der Waals surface area contributed by atoms with Gasteiger partial charge >= 0.3 is 6.18 Å². The van der Waals surface area contributed by atoms with Crippen LogP contribution in [0.5, 0.6) is 0 Å². The summed E-state index contributed by atoms with van der Waals surface area (Å²) in [5.74, 6) is -0.458. The molecule has 0 aliphatic carbocycles. The Bertz CT molecular complexity index is 987. The summed E-state index contributed by atoms with van der Waals surface area (Å²) in [7, 11) is 0. The van der Waals surface area contributed by atoms with E-state index in [9.17, 15) is 22.8 Å². The zero-order valence-corrected chi connectivity index (χ0v) is 17.6. The molecule has 1 N–H and O–H groups in total. The molecule has 0 saturated carbocycles. The van der Waals surface area contributed by atoms with Crippen LogP contribution in [0.4, 0.5) is 24.5 Å². The number of alkyl halides is 3. The molecule has 9 heteroatoms. The number of rotatable bonds is 5. The van der Waals surface area contributed by atoms with E-state index in [-0.39, 0.29) is 18.1 Å². The first-order chi connectivity index (χ1) is 15.3. The minimum Gasteiger partial charge on any atom is -0.362 e. The van der Waals surface area contributed by atoms with Crippen molar-refractivity contribution in [1.82, 2.24) is 9.80 Å². The van der Waals surface area contributed by atoms with Gasteiger partial charge < -0.3 is 15.1 Å². The average molecular weight is 446 g/mol. The van der Waals surface area contributed by atoms with Gasteiger partial charge in [0.25, 0.3) is 0 Å². The van der Waals surface area contributed by atoms with Crippen LogP contribution in [-0.2, 0) is 22.2 Å². The summed E-state index contributed by atoms with van der Waals surface area (Å²) in [6.07, 6.45) is -3.60. The molecule has 0 atom stereocenters. The van der Waals surface area contributed by atoms with Crippen molar-refractivity contribution in [3.63, 3.8) is 0 Å². The summed E-state index contributed by atoms with van der Waals surface area (Å²) in [4.78, 5) is 30.8. The van der Waals surface area contributed by atoms with Crippen LogP contribution in [0.25, 0.3) is 0 Å². The molecule has 0 unspecified atom stereocenters. The highest BCUT2D eigenvalue weighted by Crippen LogP contribution is 2.34. The average Bonchev–Trinajstić information content (AvgIpc) is 3.16. The fourth-order valence-electron chi connectivity index (χ4n) is 4.22. The number of carbonyl (C=O) groups excluding carboxylic acids is 2. The standard InChI is InChI=1S/C23H25F3N4O2/c24-23(25,26)18-6-2-3-7-19(18)27-21(31)15-28-11-13-29(14-12-28)22(32)16-30-10-9-17-5-1-4-8-20(17)30/h1-8H,9-16H2,(H,27,31). The summed E-state index contributed by atoms with van der Waals surface area (Å²) in [5, 5.41) is 2.37. The van der Waals surface area contributed by atoms with Gasteiger partial charge in [0.05, 0.1) is 24.3 Å². The normalized spacial score (nSPS) is 16.7. The number of fused-ring (bicyclic) bond motifs is 1. The topological polar surface area (TPSA) is 55.9 Å². The van der Waals surface area contributed by atoms with Crippen LogP contribution >= 0.6 is 0 Å². The number of halogens is 3. The molecule has 2 aliphatic rings. The van der Waals surface area contributed by atoms with E-state index in [0.29, 0.717) is 32.7 Å². The van der Waals surface area contributed by atoms with Gasteiger partial charge in [-0.2, -0.15) is 13.2 Å². The lowest BCUT2D eigenvalue weighted by Gasteiger charge is -2.35. The van der Waals surface area contributed by atoms with Gasteiger partial charge in [0.2, 0.25) is 11.8 Å². The second kappa shape index (κ2) is 9.20. The maximum absolute atomic E-state index is 13.1. The highest BCUT2D eigenvalue weighted by Gasteiger charge is 2.34. The Balaban J connectivity index is 1.26. The van der Waals surface area contributed by atoms with Crippen LogP contribution in [0.3, 0.4) is 0 Å². The molecule has 2 aromatic rings. The van der Waals surface area contributed by atoms with Crippen LogP contribution in [0, 0.1) is 0 Å². The molecule has 2 heterocycles. The van der Waals surface area contributed by atoms with Crippen LogP contribution in [0.2, 0.25) is 0 Å². The van der Waals surface area contributed by atoms with Gasteiger partial charge in [-0.3, -0.25) is 14.5 Å². The Hall–Kier alpha value is -3.07. The second-order valence-electron chi connectivity index (χ2n) is 8.05. The molecule has 4 rings (SSSR count). The van der Waals surface area contributed by atoms with Crippen molar-refractivity contribution in [3.05, 3.63) is 59.7 Å². The zero-order chi connectivity index (χ0) is 22.7. The van der Waals surface area contributed by atoms with Crippen LogP contribution in [0.15, 0.2) is 48.5 Å². The zero-order valence-electron chi connectivity index (χ0n) is 17.6. The number of para-hydroxylation sites is 2. The predicted octanol–water partition coefficient (Wildman–Crippen LogP) is 2.85. The summed E-state index contributed by atoms with van der Waals surface area (Å²) in [5.41, 5.74) is 1.25. The molecule has 32 heavy (non-hydrogen) atoms. The number of nitrogens with zero attached hydrogens (tertiary/aromatic N) is 3. The molecule has 170 valence electrons. The van der Waals surface area contributed by atoms with Crippen molar-refractivity contribution in [1.29, 1.82) is 0 Å². The maximum atomic E-state index is 13.1. The van der Waals surface area contributed by atoms with Crippen molar-refractivity contribution < 1.29 is 22.8 Å². The summed E-state index contributed by atoms with van der Waals surface area (Å²) >= 11 is 0. The Morgan fingerprint density at radius 2 is 1.56 bits per heavy atom. The Kier molecular flexibility index (Phi) is 6.36. The van der Waals surface area contributed by atoms with E-state index in [1.54, 1.807) is 4.90 Å². The molecule has 0 bridgehead atoms. The summed E-state index contributed by atoms with van der Waals surface area (Å²) in [6, 6.07) is 13.0. The smallest absolute Gasteiger partial charge is 0.362 e. The van der Waals surface area contributed by atoms with Crippen LogP contribution in [0.1, 0.15) is 11.1 Å². The van der Waals surface area contributed by atoms with Gasteiger partial charge in [-0.1, -0.05) is 30.3 Å². The monoisotopic (exact) mass is 446 g/mol. The minimum absolute atomic E-state index is 0.0201. The van der Waals surface area contributed by atoms with E-state index in [1.807, 2.05) is 23.1 Å². The van der Waals surface area contributed by atoms with Crippen LogP contribution < -0.4 is 10.2 Å². The molecular formula is C23H25F3N4O2. The van der Waals surface area contributed by atoms with Gasteiger partial charge in [0.15, 0.2) is 0 Å². The van der Waals surface area contributed by atoms with Gasteiger partial charge in [-0.05, 0) is 30.2 Å². The largest absolute Gasteiger partial charge is 0.418 e. The first kappa shape index (κ1) is 22.1. The van der Waals surface area contributed by atoms with E-state index in [4.69, 9.17) is 0 Å². The predicted molar refractivity (Wildman–Crippen MR) is 115 cm³/mol. The minimum atomic E-state index is -4.54. The fraction of sp³-hybridized carbons (Fsp3) is 0.391. The first-order valence-electron chi connectivity index (χ1n) is 10.6.